The van der Waals surface area contributed by atoms with Crippen molar-refractivity contribution in [3.8, 4) is 0 Å². The van der Waals surface area contributed by atoms with Gasteiger partial charge >= 0.3 is 0 Å². The molecule has 0 radical (unpaired) electrons. The van der Waals surface area contributed by atoms with Crippen LogP contribution in [-0.2, 0) is 0 Å². The molecule has 0 heterocycles. The van der Waals surface area contributed by atoms with Gasteiger partial charge in [0.25, 0.3) is 0 Å². The second kappa shape index (κ2) is 4.43. The summed E-state index contributed by atoms with van der Waals surface area (Å²) >= 11 is 0. The molecular formula is C15H22N2. The lowest BCUT2D eigenvalue weighted by molar-refractivity contribution is 0.415. The van der Waals surface area contributed by atoms with E-state index in [0.29, 0.717) is 12.1 Å². The van der Waals surface area contributed by atoms with E-state index in [1.807, 2.05) is 0 Å². The Morgan fingerprint density at radius 1 is 1.12 bits per heavy atom. The van der Waals surface area contributed by atoms with E-state index < -0.39 is 0 Å². The summed E-state index contributed by atoms with van der Waals surface area (Å²) in [5.41, 5.74) is 8.97. The fourth-order valence-corrected chi connectivity index (χ4v) is 3.47. The lowest BCUT2D eigenvalue weighted by atomic mass is 10.1. The molecule has 2 heteroatoms. The number of benzene rings is 1. The van der Waals surface area contributed by atoms with Crippen LogP contribution in [0.3, 0.4) is 0 Å². The van der Waals surface area contributed by atoms with E-state index in [1.54, 1.807) is 0 Å². The number of rotatable bonds is 2. The highest BCUT2D eigenvalue weighted by Crippen LogP contribution is 2.38. The van der Waals surface area contributed by atoms with Gasteiger partial charge in [0.2, 0.25) is 0 Å². The lowest BCUT2D eigenvalue weighted by Gasteiger charge is -2.19. The number of fused-ring (bicyclic) bond motifs is 1. The first-order chi connectivity index (χ1) is 8.24. The summed E-state index contributed by atoms with van der Waals surface area (Å²) in [7, 11) is 0. The van der Waals surface area contributed by atoms with Crippen LogP contribution in [0.15, 0.2) is 24.3 Å². The second-order valence-corrected chi connectivity index (χ2v) is 5.81. The summed E-state index contributed by atoms with van der Waals surface area (Å²) in [5.74, 6) is 0.887. The van der Waals surface area contributed by atoms with Crippen LogP contribution in [0.1, 0.15) is 55.8 Å². The first-order valence-electron chi connectivity index (χ1n) is 6.84. The van der Waals surface area contributed by atoms with Crippen LogP contribution in [0.5, 0.6) is 0 Å². The fourth-order valence-electron chi connectivity index (χ4n) is 3.47. The molecule has 3 rings (SSSR count). The Balaban J connectivity index is 1.73. The molecule has 4 atom stereocenters. The van der Waals surface area contributed by atoms with Gasteiger partial charge in [-0.05, 0) is 42.7 Å². The van der Waals surface area contributed by atoms with E-state index in [1.165, 1.54) is 30.4 Å². The Morgan fingerprint density at radius 2 is 1.88 bits per heavy atom. The van der Waals surface area contributed by atoms with Crippen molar-refractivity contribution in [3.63, 3.8) is 0 Å². The molecule has 0 aliphatic heterocycles. The van der Waals surface area contributed by atoms with Gasteiger partial charge in [0.15, 0.2) is 0 Å². The molecule has 1 saturated carbocycles. The van der Waals surface area contributed by atoms with Crippen molar-refractivity contribution in [2.75, 3.05) is 0 Å². The Bertz CT molecular complexity index is 402. The van der Waals surface area contributed by atoms with Crippen LogP contribution >= 0.6 is 0 Å². The molecule has 1 aromatic carbocycles. The van der Waals surface area contributed by atoms with Crippen LogP contribution in [0.2, 0.25) is 0 Å². The van der Waals surface area contributed by atoms with Gasteiger partial charge in [-0.3, -0.25) is 0 Å². The molecule has 92 valence electrons. The monoisotopic (exact) mass is 230 g/mol. The highest BCUT2D eigenvalue weighted by Gasteiger charge is 2.31. The van der Waals surface area contributed by atoms with Gasteiger partial charge in [-0.2, -0.15) is 0 Å². The molecule has 4 unspecified atom stereocenters. The molecule has 1 aromatic rings. The molecule has 1 fully saturated rings. The molecular weight excluding hydrogens is 208 g/mol. The molecule has 2 aliphatic rings. The SMILES string of the molecule is CC1CCC(NC2CC(N)c3ccccc32)C1. The maximum atomic E-state index is 6.20. The molecule has 0 bridgehead atoms. The van der Waals surface area contributed by atoms with Crippen molar-refractivity contribution in [2.24, 2.45) is 11.7 Å². The van der Waals surface area contributed by atoms with Crippen LogP contribution in [0.25, 0.3) is 0 Å². The highest BCUT2D eigenvalue weighted by molar-refractivity contribution is 5.37. The van der Waals surface area contributed by atoms with Crippen molar-refractivity contribution in [1.29, 1.82) is 0 Å². The highest BCUT2D eigenvalue weighted by atomic mass is 15.0. The van der Waals surface area contributed by atoms with Crippen LogP contribution in [-0.4, -0.2) is 6.04 Å². The van der Waals surface area contributed by atoms with Gasteiger partial charge in [0.05, 0.1) is 0 Å². The van der Waals surface area contributed by atoms with E-state index in [-0.39, 0.29) is 6.04 Å². The summed E-state index contributed by atoms with van der Waals surface area (Å²) in [6, 6.07) is 10.0. The quantitative estimate of drug-likeness (QED) is 0.820. The Labute approximate surface area is 104 Å². The topological polar surface area (TPSA) is 38.0 Å². The Kier molecular flexibility index (Phi) is 2.93. The van der Waals surface area contributed by atoms with Crippen molar-refractivity contribution in [1.82, 2.24) is 5.32 Å². The van der Waals surface area contributed by atoms with Crippen LogP contribution in [0, 0.1) is 5.92 Å². The normalized spacial score (nSPS) is 36.1. The zero-order chi connectivity index (χ0) is 11.8. The van der Waals surface area contributed by atoms with E-state index in [2.05, 4.69) is 36.5 Å². The third-order valence-corrected chi connectivity index (χ3v) is 4.39. The van der Waals surface area contributed by atoms with Crippen molar-refractivity contribution < 1.29 is 0 Å². The zero-order valence-corrected chi connectivity index (χ0v) is 10.5. The summed E-state index contributed by atoms with van der Waals surface area (Å²) in [4.78, 5) is 0. The fraction of sp³-hybridized carbons (Fsp3) is 0.600. The number of hydrogen-bond acceptors (Lipinski definition) is 2. The van der Waals surface area contributed by atoms with Gasteiger partial charge in [-0.25, -0.2) is 0 Å². The predicted molar refractivity (Wildman–Crippen MR) is 70.7 cm³/mol. The van der Waals surface area contributed by atoms with Gasteiger partial charge in [-0.1, -0.05) is 31.2 Å². The molecule has 17 heavy (non-hydrogen) atoms. The van der Waals surface area contributed by atoms with E-state index in [9.17, 15) is 0 Å². The minimum atomic E-state index is 0.225. The molecule has 0 spiro atoms. The molecule has 0 aromatic heterocycles. The smallest absolute Gasteiger partial charge is 0.0344 e. The lowest BCUT2D eigenvalue weighted by Crippen LogP contribution is -2.30. The third kappa shape index (κ3) is 2.12. The van der Waals surface area contributed by atoms with Crippen LogP contribution in [0.4, 0.5) is 0 Å². The summed E-state index contributed by atoms with van der Waals surface area (Å²) < 4.78 is 0. The summed E-state index contributed by atoms with van der Waals surface area (Å²) in [6.07, 6.45) is 5.09. The zero-order valence-electron chi connectivity index (χ0n) is 10.5. The van der Waals surface area contributed by atoms with Crippen molar-refractivity contribution in [2.45, 2.75) is 50.7 Å². The van der Waals surface area contributed by atoms with Crippen molar-refractivity contribution >= 4 is 0 Å². The van der Waals surface area contributed by atoms with Crippen molar-refractivity contribution in [3.05, 3.63) is 35.4 Å². The van der Waals surface area contributed by atoms with E-state index in [0.717, 1.165) is 12.3 Å². The van der Waals surface area contributed by atoms with Gasteiger partial charge in [-0.15, -0.1) is 0 Å². The minimum absolute atomic E-state index is 0.225. The average molecular weight is 230 g/mol. The second-order valence-electron chi connectivity index (χ2n) is 5.81. The van der Waals surface area contributed by atoms with Gasteiger partial charge in [0, 0.05) is 18.1 Å². The first-order valence-corrected chi connectivity index (χ1v) is 6.84. The number of nitrogens with two attached hydrogens (primary N) is 1. The molecule has 0 amide bonds. The maximum absolute atomic E-state index is 6.20. The first kappa shape index (κ1) is 11.2. The van der Waals surface area contributed by atoms with E-state index >= 15 is 0 Å². The number of nitrogens with one attached hydrogen (secondary N) is 1. The molecule has 3 N–H and O–H groups in total. The van der Waals surface area contributed by atoms with Gasteiger partial charge < -0.3 is 11.1 Å². The Hall–Kier alpha value is -0.860. The Morgan fingerprint density at radius 3 is 2.59 bits per heavy atom. The summed E-state index contributed by atoms with van der Waals surface area (Å²) in [6.45, 7) is 2.36. The number of hydrogen-bond donors (Lipinski definition) is 2. The largest absolute Gasteiger partial charge is 0.324 e. The minimum Gasteiger partial charge on any atom is -0.324 e. The third-order valence-electron chi connectivity index (χ3n) is 4.39. The van der Waals surface area contributed by atoms with E-state index in [4.69, 9.17) is 5.73 Å². The predicted octanol–water partition coefficient (Wildman–Crippen LogP) is 2.91. The summed E-state index contributed by atoms with van der Waals surface area (Å²) in [5, 5.41) is 3.81. The molecule has 0 saturated heterocycles. The maximum Gasteiger partial charge on any atom is 0.0344 e. The average Bonchev–Trinajstić information content (AvgIpc) is 2.86. The molecule has 2 nitrogen and oxygen atoms in total. The van der Waals surface area contributed by atoms with Gasteiger partial charge in [0.1, 0.15) is 0 Å². The standard InChI is InChI=1S/C15H22N2/c1-10-6-7-11(8-10)17-15-9-14(16)12-4-2-3-5-13(12)15/h2-5,10-11,14-15,17H,6-9,16H2,1H3. The molecule has 2 aliphatic carbocycles. The van der Waals surface area contributed by atoms with Crippen LogP contribution < -0.4 is 11.1 Å².